The predicted molar refractivity (Wildman–Crippen MR) is 85.1 cm³/mol. The van der Waals surface area contributed by atoms with Gasteiger partial charge in [-0.1, -0.05) is 5.16 Å². The Morgan fingerprint density at radius 1 is 1.20 bits per heavy atom. The fourth-order valence-electron chi connectivity index (χ4n) is 3.17. The SMILES string of the molecule is O=C(c1cc(CN2CCOCC2)on1)N1CCc2n[nH]c(=O)n2CC1. The van der Waals surface area contributed by atoms with Crippen LogP contribution in [0, 0.1) is 0 Å². The Bertz CT molecular complexity index is 803. The second-order valence-corrected chi connectivity index (χ2v) is 6.21. The zero-order chi connectivity index (χ0) is 17.2. The Balaban J connectivity index is 1.40. The molecule has 2 aromatic rings. The third-order valence-electron chi connectivity index (χ3n) is 4.58. The first kappa shape index (κ1) is 16.0. The number of aromatic amines is 1. The van der Waals surface area contributed by atoms with Crippen LogP contribution in [0.2, 0.25) is 0 Å². The van der Waals surface area contributed by atoms with Gasteiger partial charge in [-0.15, -0.1) is 0 Å². The first-order valence-corrected chi connectivity index (χ1v) is 8.40. The summed E-state index contributed by atoms with van der Waals surface area (Å²) in [6.45, 7) is 5.09. The van der Waals surface area contributed by atoms with Gasteiger partial charge in [-0.25, -0.2) is 9.89 Å². The molecule has 10 heteroatoms. The van der Waals surface area contributed by atoms with Gasteiger partial charge in [-0.05, 0) is 0 Å². The minimum Gasteiger partial charge on any atom is -0.379 e. The summed E-state index contributed by atoms with van der Waals surface area (Å²) in [4.78, 5) is 28.2. The van der Waals surface area contributed by atoms with Crippen LogP contribution in [0.5, 0.6) is 0 Å². The highest BCUT2D eigenvalue weighted by molar-refractivity contribution is 5.92. The normalized spacial score (nSPS) is 18.8. The number of hydrogen-bond acceptors (Lipinski definition) is 7. The lowest BCUT2D eigenvalue weighted by Crippen LogP contribution is -2.35. The van der Waals surface area contributed by atoms with E-state index in [1.807, 2.05) is 0 Å². The van der Waals surface area contributed by atoms with Crippen molar-refractivity contribution in [2.45, 2.75) is 19.5 Å². The highest BCUT2D eigenvalue weighted by atomic mass is 16.5. The lowest BCUT2D eigenvalue weighted by atomic mass is 10.3. The number of morpholine rings is 1. The maximum absolute atomic E-state index is 12.7. The zero-order valence-electron chi connectivity index (χ0n) is 13.8. The first-order valence-electron chi connectivity index (χ1n) is 8.40. The topological polar surface area (TPSA) is 109 Å². The number of hydrogen-bond donors (Lipinski definition) is 1. The summed E-state index contributed by atoms with van der Waals surface area (Å²) in [6, 6.07) is 1.70. The molecule has 0 saturated carbocycles. The van der Waals surface area contributed by atoms with E-state index in [4.69, 9.17) is 9.26 Å². The van der Waals surface area contributed by atoms with Crippen LogP contribution >= 0.6 is 0 Å². The fraction of sp³-hybridized carbons (Fsp3) is 0.600. The van der Waals surface area contributed by atoms with E-state index in [9.17, 15) is 9.59 Å². The van der Waals surface area contributed by atoms with E-state index in [1.54, 1.807) is 15.5 Å². The molecular weight excluding hydrogens is 328 g/mol. The number of rotatable bonds is 3. The van der Waals surface area contributed by atoms with Crippen molar-refractivity contribution in [1.29, 1.82) is 0 Å². The van der Waals surface area contributed by atoms with E-state index in [0.29, 0.717) is 63.1 Å². The Morgan fingerprint density at radius 3 is 2.88 bits per heavy atom. The smallest absolute Gasteiger partial charge is 0.343 e. The predicted octanol–water partition coefficient (Wildman–Crippen LogP) is -0.910. The maximum atomic E-state index is 12.7. The summed E-state index contributed by atoms with van der Waals surface area (Å²) in [5, 5.41) is 10.4. The number of carbonyl (C=O) groups excluding carboxylic acids is 1. The molecule has 0 spiro atoms. The molecule has 1 fully saturated rings. The molecule has 0 radical (unpaired) electrons. The van der Waals surface area contributed by atoms with E-state index < -0.39 is 0 Å². The molecular formula is C15H20N6O4. The number of nitrogens with zero attached hydrogens (tertiary/aromatic N) is 5. The van der Waals surface area contributed by atoms with Crippen LogP contribution in [0.1, 0.15) is 22.1 Å². The van der Waals surface area contributed by atoms with Gasteiger partial charge < -0.3 is 14.2 Å². The Hall–Kier alpha value is -2.46. The third kappa shape index (κ3) is 3.35. The van der Waals surface area contributed by atoms with Gasteiger partial charge in [0.05, 0.1) is 19.8 Å². The molecule has 134 valence electrons. The van der Waals surface area contributed by atoms with Crippen LogP contribution in [0.4, 0.5) is 0 Å². The second-order valence-electron chi connectivity index (χ2n) is 6.21. The van der Waals surface area contributed by atoms with E-state index in [2.05, 4.69) is 20.3 Å². The van der Waals surface area contributed by atoms with Gasteiger partial charge in [-0.2, -0.15) is 5.10 Å². The highest BCUT2D eigenvalue weighted by Gasteiger charge is 2.24. The number of aromatic nitrogens is 4. The quantitative estimate of drug-likeness (QED) is 0.765. The molecule has 0 aromatic carbocycles. The molecule has 4 heterocycles. The third-order valence-corrected chi connectivity index (χ3v) is 4.58. The van der Waals surface area contributed by atoms with Crippen LogP contribution in [0.3, 0.4) is 0 Å². The van der Waals surface area contributed by atoms with E-state index in [0.717, 1.165) is 13.1 Å². The Labute approximate surface area is 143 Å². The number of amides is 1. The van der Waals surface area contributed by atoms with Crippen molar-refractivity contribution in [2.24, 2.45) is 0 Å². The number of fused-ring (bicyclic) bond motifs is 1. The van der Waals surface area contributed by atoms with E-state index >= 15 is 0 Å². The van der Waals surface area contributed by atoms with Gasteiger partial charge in [0, 0.05) is 45.2 Å². The highest BCUT2D eigenvalue weighted by Crippen LogP contribution is 2.13. The fourth-order valence-corrected chi connectivity index (χ4v) is 3.17. The van der Waals surface area contributed by atoms with Gasteiger partial charge in [0.2, 0.25) is 0 Å². The van der Waals surface area contributed by atoms with Crippen LogP contribution in [0.25, 0.3) is 0 Å². The molecule has 25 heavy (non-hydrogen) atoms. The van der Waals surface area contributed by atoms with Crippen molar-refractivity contribution in [3.63, 3.8) is 0 Å². The Morgan fingerprint density at radius 2 is 2.04 bits per heavy atom. The molecule has 2 aromatic heterocycles. The zero-order valence-corrected chi connectivity index (χ0v) is 13.8. The number of carbonyl (C=O) groups is 1. The molecule has 0 bridgehead atoms. The average molecular weight is 348 g/mol. The van der Waals surface area contributed by atoms with Crippen LogP contribution in [-0.4, -0.2) is 75.0 Å². The van der Waals surface area contributed by atoms with Gasteiger partial charge >= 0.3 is 5.69 Å². The molecule has 0 unspecified atom stereocenters. The van der Waals surface area contributed by atoms with Crippen LogP contribution in [0.15, 0.2) is 15.4 Å². The average Bonchev–Trinajstić information content (AvgIpc) is 3.16. The summed E-state index contributed by atoms with van der Waals surface area (Å²) < 4.78 is 12.2. The molecule has 0 atom stereocenters. The van der Waals surface area contributed by atoms with Crippen LogP contribution in [-0.2, 0) is 24.2 Å². The van der Waals surface area contributed by atoms with Crippen molar-refractivity contribution < 1.29 is 14.1 Å². The molecule has 4 rings (SSSR count). The van der Waals surface area contributed by atoms with Crippen molar-refractivity contribution in [3.05, 3.63) is 33.8 Å². The number of ether oxygens (including phenoxy) is 1. The Kier molecular flexibility index (Phi) is 4.36. The molecule has 2 aliphatic rings. The molecule has 1 amide bonds. The largest absolute Gasteiger partial charge is 0.379 e. The lowest BCUT2D eigenvalue weighted by molar-refractivity contribution is 0.0305. The summed E-state index contributed by atoms with van der Waals surface area (Å²) >= 11 is 0. The molecule has 0 aliphatic carbocycles. The van der Waals surface area contributed by atoms with Crippen molar-refractivity contribution in [1.82, 2.24) is 29.7 Å². The van der Waals surface area contributed by atoms with Gasteiger partial charge in [-0.3, -0.25) is 14.3 Å². The monoisotopic (exact) mass is 348 g/mol. The molecule has 1 N–H and O–H groups in total. The van der Waals surface area contributed by atoms with Crippen molar-refractivity contribution in [3.8, 4) is 0 Å². The van der Waals surface area contributed by atoms with Gasteiger partial charge in [0.25, 0.3) is 5.91 Å². The minimum atomic E-state index is -0.237. The first-order chi connectivity index (χ1) is 12.2. The number of nitrogens with one attached hydrogen (secondary N) is 1. The van der Waals surface area contributed by atoms with E-state index in [1.165, 1.54) is 0 Å². The number of H-pyrrole nitrogens is 1. The second kappa shape index (κ2) is 6.81. The lowest BCUT2D eigenvalue weighted by Gasteiger charge is -2.25. The standard InChI is InChI=1S/C15H20N6O4/c22-14(20-2-1-13-16-17-15(23)21(13)4-3-20)12-9-11(25-18-12)10-19-5-7-24-8-6-19/h9H,1-8,10H2,(H,17,23). The van der Waals surface area contributed by atoms with Crippen molar-refractivity contribution in [2.75, 3.05) is 39.4 Å². The van der Waals surface area contributed by atoms with Gasteiger partial charge in [0.15, 0.2) is 11.5 Å². The molecule has 2 aliphatic heterocycles. The summed E-state index contributed by atoms with van der Waals surface area (Å²) in [6.07, 6.45) is 0.531. The van der Waals surface area contributed by atoms with Crippen molar-refractivity contribution >= 4 is 5.91 Å². The molecule has 10 nitrogen and oxygen atoms in total. The minimum absolute atomic E-state index is 0.181. The van der Waals surface area contributed by atoms with Gasteiger partial charge in [0.1, 0.15) is 5.82 Å². The van der Waals surface area contributed by atoms with E-state index in [-0.39, 0.29) is 11.6 Å². The maximum Gasteiger partial charge on any atom is 0.343 e. The summed E-state index contributed by atoms with van der Waals surface area (Å²) in [5.41, 5.74) is 0.0650. The summed E-state index contributed by atoms with van der Waals surface area (Å²) in [5.74, 6) is 1.16. The summed E-state index contributed by atoms with van der Waals surface area (Å²) in [7, 11) is 0. The van der Waals surface area contributed by atoms with Crippen LogP contribution < -0.4 is 5.69 Å². The molecule has 1 saturated heterocycles.